The number of unbranched alkanes of at least 4 members (excludes halogenated alkanes) is 1. The number of aromatic nitrogens is 1. The molecule has 3 aromatic carbocycles. The van der Waals surface area contributed by atoms with E-state index >= 15 is 0 Å². The average molecular weight is 585 g/mol. The monoisotopic (exact) mass is 584 g/mol. The van der Waals surface area contributed by atoms with Crippen LogP contribution < -0.4 is 24.4 Å². The van der Waals surface area contributed by atoms with Gasteiger partial charge in [-0.1, -0.05) is 73.2 Å². The van der Waals surface area contributed by atoms with Gasteiger partial charge in [0.1, 0.15) is 12.4 Å². The summed E-state index contributed by atoms with van der Waals surface area (Å²) in [6, 6.07) is 21.0. The molecule has 1 unspecified atom stereocenters. The number of nitrogens with zero attached hydrogens (tertiary/aromatic N) is 2. The molecule has 0 saturated carbocycles. The van der Waals surface area contributed by atoms with E-state index in [-0.39, 0.29) is 17.9 Å². The number of hydrogen-bond donors (Lipinski definition) is 1. The lowest BCUT2D eigenvalue weighted by Gasteiger charge is -2.25. The Bertz CT molecular complexity index is 1790. The molecular weight excluding hydrogens is 552 g/mol. The van der Waals surface area contributed by atoms with Crippen LogP contribution in [-0.4, -0.2) is 29.4 Å². The molecular formula is C33H32N2O6S. The lowest BCUT2D eigenvalue weighted by molar-refractivity contribution is -0.140. The predicted molar refractivity (Wildman–Crippen MR) is 162 cm³/mol. The van der Waals surface area contributed by atoms with Crippen LogP contribution in [0.1, 0.15) is 49.4 Å². The summed E-state index contributed by atoms with van der Waals surface area (Å²) in [6.45, 7) is 4.58. The van der Waals surface area contributed by atoms with Gasteiger partial charge < -0.3 is 19.3 Å². The third-order valence-corrected chi connectivity index (χ3v) is 7.90. The molecule has 0 fully saturated rings. The van der Waals surface area contributed by atoms with E-state index in [1.165, 1.54) is 24.5 Å². The Morgan fingerprint density at radius 1 is 1.10 bits per heavy atom. The standard InChI is InChI=1S/C33H32N2O6S/c1-4-5-17-40-25-14-12-24(13-15-25)30-29(32(38)41-20-22-9-7-6-8-10-22)21(2)34-33-35(30)31(37)28(42-33)19-23-11-16-26(36)27(18-23)39-3/h6-16,18-19,30,36H,4-5,17,20H2,1-3H3/b28-19-. The second-order valence-corrected chi connectivity index (χ2v) is 10.9. The maximum absolute atomic E-state index is 13.9. The second kappa shape index (κ2) is 12.9. The fourth-order valence-corrected chi connectivity index (χ4v) is 5.76. The summed E-state index contributed by atoms with van der Waals surface area (Å²) in [5.74, 6) is 0.489. The van der Waals surface area contributed by atoms with Crippen molar-refractivity contribution in [2.45, 2.75) is 39.3 Å². The summed E-state index contributed by atoms with van der Waals surface area (Å²) >= 11 is 1.23. The van der Waals surface area contributed by atoms with Gasteiger partial charge in [0.15, 0.2) is 16.3 Å². The molecule has 2 heterocycles. The van der Waals surface area contributed by atoms with Gasteiger partial charge in [0.2, 0.25) is 0 Å². The fraction of sp³-hybridized carbons (Fsp3) is 0.242. The molecule has 1 aromatic heterocycles. The number of allylic oxidation sites excluding steroid dienone is 1. The lowest BCUT2D eigenvalue weighted by Crippen LogP contribution is -2.39. The number of phenols is 1. The molecule has 9 heteroatoms. The Kier molecular flexibility index (Phi) is 8.88. The van der Waals surface area contributed by atoms with Crippen LogP contribution in [0.3, 0.4) is 0 Å². The van der Waals surface area contributed by atoms with E-state index in [4.69, 9.17) is 14.2 Å². The number of methoxy groups -OCH3 is 1. The lowest BCUT2D eigenvalue weighted by atomic mass is 9.96. The first-order valence-electron chi connectivity index (χ1n) is 13.7. The number of hydrogen-bond acceptors (Lipinski definition) is 8. The quantitative estimate of drug-likeness (QED) is 0.211. The highest BCUT2D eigenvalue weighted by Gasteiger charge is 2.33. The molecule has 1 N–H and O–H groups in total. The number of carbonyl (C=O) groups is 1. The van der Waals surface area contributed by atoms with E-state index < -0.39 is 12.0 Å². The summed E-state index contributed by atoms with van der Waals surface area (Å²) in [6.07, 6.45) is 3.70. The van der Waals surface area contributed by atoms with Crippen LogP contribution in [-0.2, 0) is 16.1 Å². The highest BCUT2D eigenvalue weighted by Crippen LogP contribution is 2.32. The molecule has 1 aliphatic heterocycles. The summed E-state index contributed by atoms with van der Waals surface area (Å²) in [5, 5.41) is 9.98. The van der Waals surface area contributed by atoms with Gasteiger partial charge in [-0.2, -0.15) is 0 Å². The molecule has 5 rings (SSSR count). The van der Waals surface area contributed by atoms with Crippen LogP contribution in [0.25, 0.3) is 6.08 Å². The molecule has 0 aliphatic carbocycles. The zero-order chi connectivity index (χ0) is 29.6. The molecule has 42 heavy (non-hydrogen) atoms. The average Bonchev–Trinajstić information content (AvgIpc) is 3.31. The number of esters is 1. The van der Waals surface area contributed by atoms with E-state index in [0.717, 1.165) is 29.7 Å². The van der Waals surface area contributed by atoms with Crippen molar-refractivity contribution in [2.24, 2.45) is 4.99 Å². The van der Waals surface area contributed by atoms with Crippen LogP contribution in [0.4, 0.5) is 0 Å². The normalized spacial score (nSPS) is 14.7. The van der Waals surface area contributed by atoms with Gasteiger partial charge in [0.05, 0.1) is 35.6 Å². The molecule has 4 aromatic rings. The Hall–Kier alpha value is -4.63. The van der Waals surface area contributed by atoms with Crippen molar-refractivity contribution >= 4 is 23.4 Å². The van der Waals surface area contributed by atoms with Crippen molar-refractivity contribution in [3.63, 3.8) is 0 Å². The van der Waals surface area contributed by atoms with Crippen LogP contribution >= 0.6 is 11.3 Å². The van der Waals surface area contributed by atoms with Gasteiger partial charge in [-0.3, -0.25) is 9.36 Å². The minimum absolute atomic E-state index is 0.00696. The molecule has 0 saturated heterocycles. The number of ether oxygens (including phenoxy) is 3. The molecule has 1 atom stereocenters. The molecule has 216 valence electrons. The highest BCUT2D eigenvalue weighted by atomic mass is 32.1. The number of phenolic OH excluding ortho intramolecular Hbond substituents is 1. The van der Waals surface area contributed by atoms with Crippen molar-refractivity contribution in [3.8, 4) is 17.2 Å². The second-order valence-electron chi connectivity index (χ2n) is 9.85. The summed E-state index contributed by atoms with van der Waals surface area (Å²) in [4.78, 5) is 32.7. The Morgan fingerprint density at radius 3 is 2.57 bits per heavy atom. The summed E-state index contributed by atoms with van der Waals surface area (Å²) in [7, 11) is 1.47. The number of thiazole rings is 1. The number of aromatic hydroxyl groups is 1. The summed E-state index contributed by atoms with van der Waals surface area (Å²) in [5.41, 5.74) is 2.77. The van der Waals surface area contributed by atoms with Crippen LogP contribution in [0.2, 0.25) is 0 Å². The highest BCUT2D eigenvalue weighted by molar-refractivity contribution is 7.07. The van der Waals surface area contributed by atoms with Crippen molar-refractivity contribution in [2.75, 3.05) is 13.7 Å². The SMILES string of the molecule is CCCCOc1ccc(C2C(C(=O)OCc3ccccc3)=C(C)N=c3s/c(=C\c4ccc(O)c(OC)c4)c(=O)n32)cc1. The molecule has 0 amide bonds. The van der Waals surface area contributed by atoms with E-state index in [1.807, 2.05) is 54.6 Å². The number of benzene rings is 3. The van der Waals surface area contributed by atoms with Crippen molar-refractivity contribution < 1.29 is 24.1 Å². The predicted octanol–water partition coefficient (Wildman–Crippen LogP) is 4.87. The maximum Gasteiger partial charge on any atom is 0.338 e. The van der Waals surface area contributed by atoms with Crippen LogP contribution in [0.15, 0.2) is 93.9 Å². The first-order chi connectivity index (χ1) is 20.4. The molecule has 0 bridgehead atoms. The maximum atomic E-state index is 13.9. The zero-order valence-electron chi connectivity index (χ0n) is 23.7. The minimum Gasteiger partial charge on any atom is -0.504 e. The molecule has 1 aliphatic rings. The fourth-order valence-electron chi connectivity index (χ4n) is 4.72. The van der Waals surface area contributed by atoms with Crippen LogP contribution in [0.5, 0.6) is 17.2 Å². The number of carbonyl (C=O) groups excluding carboxylic acids is 1. The Labute approximate surface area is 247 Å². The van der Waals surface area contributed by atoms with Gasteiger partial charge in [0.25, 0.3) is 5.56 Å². The minimum atomic E-state index is -0.745. The number of rotatable bonds is 10. The first-order valence-corrected chi connectivity index (χ1v) is 14.5. The van der Waals surface area contributed by atoms with Crippen molar-refractivity contribution in [3.05, 3.63) is 120 Å². The Morgan fingerprint density at radius 2 is 1.86 bits per heavy atom. The largest absolute Gasteiger partial charge is 0.504 e. The molecule has 0 radical (unpaired) electrons. The van der Waals surface area contributed by atoms with Crippen molar-refractivity contribution in [1.29, 1.82) is 0 Å². The van der Waals surface area contributed by atoms with Gasteiger partial charge in [-0.25, -0.2) is 9.79 Å². The van der Waals surface area contributed by atoms with Gasteiger partial charge in [-0.05, 0) is 60.4 Å². The first kappa shape index (κ1) is 28.9. The molecule has 8 nitrogen and oxygen atoms in total. The van der Waals surface area contributed by atoms with E-state index in [0.29, 0.717) is 38.5 Å². The summed E-state index contributed by atoms with van der Waals surface area (Å²) < 4.78 is 18.8. The Balaban J connectivity index is 1.57. The van der Waals surface area contributed by atoms with Gasteiger partial charge in [-0.15, -0.1) is 0 Å². The third kappa shape index (κ3) is 6.16. The number of fused-ring (bicyclic) bond motifs is 1. The van der Waals surface area contributed by atoms with E-state index in [2.05, 4.69) is 11.9 Å². The zero-order valence-corrected chi connectivity index (χ0v) is 24.5. The smallest absolute Gasteiger partial charge is 0.338 e. The van der Waals surface area contributed by atoms with Crippen molar-refractivity contribution in [1.82, 2.24) is 4.57 Å². The third-order valence-electron chi connectivity index (χ3n) is 6.92. The van der Waals surface area contributed by atoms with Gasteiger partial charge >= 0.3 is 5.97 Å². The topological polar surface area (TPSA) is 99.4 Å². The van der Waals surface area contributed by atoms with E-state index in [9.17, 15) is 14.7 Å². The van der Waals surface area contributed by atoms with E-state index in [1.54, 1.807) is 29.7 Å². The molecule has 0 spiro atoms. The van der Waals surface area contributed by atoms with Crippen LogP contribution in [0, 0.1) is 0 Å². The van der Waals surface area contributed by atoms with Gasteiger partial charge in [0, 0.05) is 0 Å².